The molecule has 0 radical (unpaired) electrons. The van der Waals surface area contributed by atoms with Crippen LogP contribution in [0.2, 0.25) is 5.02 Å². The van der Waals surface area contributed by atoms with E-state index in [0.717, 1.165) is 27.9 Å². The van der Waals surface area contributed by atoms with Crippen LogP contribution in [0.15, 0.2) is 35.4 Å². The molecule has 0 saturated carbocycles. The van der Waals surface area contributed by atoms with Crippen LogP contribution in [0.3, 0.4) is 0 Å². The highest BCUT2D eigenvalue weighted by atomic mass is 35.5. The number of nitrogens with one attached hydrogen (secondary N) is 1. The van der Waals surface area contributed by atoms with Crippen LogP contribution in [-0.2, 0) is 7.05 Å². The molecule has 0 spiro atoms. The first-order chi connectivity index (χ1) is 9.22. The number of hydrogen-bond acceptors (Lipinski definition) is 4. The van der Waals surface area contributed by atoms with Crippen molar-refractivity contribution in [1.29, 1.82) is 0 Å². The highest BCUT2D eigenvalue weighted by Gasteiger charge is 2.15. The van der Waals surface area contributed by atoms with E-state index in [9.17, 15) is 0 Å². The summed E-state index contributed by atoms with van der Waals surface area (Å²) in [7, 11) is 1.91. The van der Waals surface area contributed by atoms with Gasteiger partial charge in [0, 0.05) is 17.7 Å². The Bertz CT molecular complexity index is 529. The number of hydrogen-bond donors (Lipinski definition) is 1. The maximum Gasteiger partial charge on any atom is 0.0761 e. The minimum atomic E-state index is 0.214. The summed E-state index contributed by atoms with van der Waals surface area (Å²) in [4.78, 5) is 1.10. The van der Waals surface area contributed by atoms with Gasteiger partial charge >= 0.3 is 0 Å². The molecule has 6 heteroatoms. The fourth-order valence-electron chi connectivity index (χ4n) is 1.84. The van der Waals surface area contributed by atoms with Crippen molar-refractivity contribution >= 4 is 23.4 Å². The average molecular weight is 297 g/mol. The van der Waals surface area contributed by atoms with Gasteiger partial charge in [0.25, 0.3) is 0 Å². The fraction of sp³-hybridized carbons (Fsp3) is 0.385. The van der Waals surface area contributed by atoms with Crippen LogP contribution in [0, 0.1) is 0 Å². The third-order valence-electron chi connectivity index (χ3n) is 2.80. The van der Waals surface area contributed by atoms with Gasteiger partial charge < -0.3 is 5.32 Å². The van der Waals surface area contributed by atoms with Crippen molar-refractivity contribution in [2.45, 2.75) is 17.9 Å². The Morgan fingerprint density at radius 2 is 2.21 bits per heavy atom. The number of halogens is 1. The van der Waals surface area contributed by atoms with Crippen molar-refractivity contribution in [2.24, 2.45) is 7.05 Å². The van der Waals surface area contributed by atoms with E-state index < -0.39 is 0 Å². The Labute approximate surface area is 122 Å². The van der Waals surface area contributed by atoms with Crippen LogP contribution < -0.4 is 5.32 Å². The molecule has 4 nitrogen and oxygen atoms in total. The molecule has 0 bridgehead atoms. The predicted molar refractivity (Wildman–Crippen MR) is 79.6 cm³/mol. The van der Waals surface area contributed by atoms with Crippen molar-refractivity contribution in [3.05, 3.63) is 41.2 Å². The Balaban J connectivity index is 2.06. The van der Waals surface area contributed by atoms with Crippen LogP contribution in [0.25, 0.3) is 0 Å². The molecule has 102 valence electrons. The summed E-state index contributed by atoms with van der Waals surface area (Å²) in [6, 6.07) is 8.11. The third kappa shape index (κ3) is 3.72. The van der Waals surface area contributed by atoms with E-state index in [1.54, 1.807) is 22.6 Å². The average Bonchev–Trinajstić information content (AvgIpc) is 2.82. The fourth-order valence-corrected chi connectivity index (χ4v) is 3.16. The lowest BCUT2D eigenvalue weighted by molar-refractivity contribution is 0.549. The van der Waals surface area contributed by atoms with Gasteiger partial charge in [0.1, 0.15) is 0 Å². The van der Waals surface area contributed by atoms with Gasteiger partial charge in [-0.3, -0.25) is 4.68 Å². The van der Waals surface area contributed by atoms with Crippen LogP contribution in [0.4, 0.5) is 0 Å². The van der Waals surface area contributed by atoms with Crippen molar-refractivity contribution < 1.29 is 0 Å². The summed E-state index contributed by atoms with van der Waals surface area (Å²) in [6.07, 6.45) is 1.81. The van der Waals surface area contributed by atoms with Crippen LogP contribution >= 0.6 is 23.4 Å². The molecule has 0 saturated heterocycles. The van der Waals surface area contributed by atoms with E-state index in [2.05, 4.69) is 22.6 Å². The molecule has 0 aliphatic carbocycles. The Morgan fingerprint density at radius 3 is 2.84 bits per heavy atom. The first-order valence-electron chi connectivity index (χ1n) is 6.17. The van der Waals surface area contributed by atoms with Crippen molar-refractivity contribution in [3.63, 3.8) is 0 Å². The lowest BCUT2D eigenvalue weighted by atomic mass is 10.2. The van der Waals surface area contributed by atoms with Gasteiger partial charge in [0.2, 0.25) is 0 Å². The summed E-state index contributed by atoms with van der Waals surface area (Å²) in [5.74, 6) is 0.888. The number of benzene rings is 1. The minimum Gasteiger partial charge on any atom is -0.308 e. The predicted octanol–water partition coefficient (Wildman–Crippen LogP) is 2.91. The van der Waals surface area contributed by atoms with Crippen molar-refractivity contribution in [1.82, 2.24) is 20.3 Å². The van der Waals surface area contributed by atoms with Gasteiger partial charge in [0.05, 0.1) is 23.0 Å². The van der Waals surface area contributed by atoms with E-state index in [4.69, 9.17) is 11.6 Å². The highest BCUT2D eigenvalue weighted by Crippen LogP contribution is 2.29. The summed E-state index contributed by atoms with van der Waals surface area (Å²) in [5, 5.41) is 12.2. The summed E-state index contributed by atoms with van der Waals surface area (Å²) in [6.45, 7) is 3.00. The minimum absolute atomic E-state index is 0.214. The smallest absolute Gasteiger partial charge is 0.0761 e. The number of aromatic nitrogens is 3. The van der Waals surface area contributed by atoms with E-state index in [-0.39, 0.29) is 6.04 Å². The first-order valence-corrected chi connectivity index (χ1v) is 7.54. The number of aryl methyl sites for hydroxylation is 1. The normalized spacial score (nSPS) is 12.6. The first kappa shape index (κ1) is 14.4. The van der Waals surface area contributed by atoms with Gasteiger partial charge in [-0.1, -0.05) is 35.9 Å². The van der Waals surface area contributed by atoms with Crippen molar-refractivity contribution in [2.75, 3.05) is 12.3 Å². The Hall–Kier alpha value is -1.04. The van der Waals surface area contributed by atoms with E-state index in [0.29, 0.717) is 0 Å². The molecule has 0 aliphatic heterocycles. The van der Waals surface area contributed by atoms with E-state index in [1.165, 1.54) is 0 Å². The zero-order chi connectivity index (χ0) is 13.7. The zero-order valence-electron chi connectivity index (χ0n) is 11.0. The van der Waals surface area contributed by atoms with Gasteiger partial charge in [-0.25, -0.2) is 0 Å². The van der Waals surface area contributed by atoms with E-state index >= 15 is 0 Å². The Kier molecular flexibility index (Phi) is 5.24. The summed E-state index contributed by atoms with van der Waals surface area (Å²) in [5.41, 5.74) is 1.08. The van der Waals surface area contributed by atoms with Gasteiger partial charge in [-0.15, -0.1) is 16.9 Å². The molecule has 1 aromatic heterocycles. The zero-order valence-corrected chi connectivity index (χ0v) is 12.6. The number of nitrogens with zero attached hydrogens (tertiary/aromatic N) is 3. The third-order valence-corrected chi connectivity index (χ3v) is 4.41. The van der Waals surface area contributed by atoms with Crippen LogP contribution in [-0.4, -0.2) is 27.3 Å². The molecular weight excluding hydrogens is 280 g/mol. The lowest BCUT2D eigenvalue weighted by Gasteiger charge is -2.17. The quantitative estimate of drug-likeness (QED) is 0.832. The van der Waals surface area contributed by atoms with Gasteiger partial charge in [-0.2, -0.15) is 0 Å². The van der Waals surface area contributed by atoms with Crippen LogP contribution in [0.1, 0.15) is 18.7 Å². The molecular formula is C13H17ClN4S. The molecule has 1 atom stereocenters. The maximum atomic E-state index is 6.17. The highest BCUT2D eigenvalue weighted by molar-refractivity contribution is 7.99. The number of rotatable bonds is 6. The second kappa shape index (κ2) is 6.93. The van der Waals surface area contributed by atoms with Gasteiger partial charge in [0.15, 0.2) is 0 Å². The molecule has 0 aliphatic rings. The molecule has 0 amide bonds. The molecule has 1 unspecified atom stereocenters. The van der Waals surface area contributed by atoms with Crippen molar-refractivity contribution in [3.8, 4) is 0 Å². The molecule has 19 heavy (non-hydrogen) atoms. The molecule has 1 N–H and O–H groups in total. The summed E-state index contributed by atoms with van der Waals surface area (Å²) < 4.78 is 1.81. The maximum absolute atomic E-state index is 6.17. The largest absolute Gasteiger partial charge is 0.308 e. The Morgan fingerprint density at radius 1 is 1.42 bits per heavy atom. The monoisotopic (exact) mass is 296 g/mol. The van der Waals surface area contributed by atoms with Gasteiger partial charge in [-0.05, 0) is 18.7 Å². The number of thioether (sulfide) groups is 1. The SMILES string of the molecule is CCNC(CSc1ccccc1Cl)c1cnnn1C. The second-order valence-electron chi connectivity index (χ2n) is 4.13. The second-order valence-corrected chi connectivity index (χ2v) is 5.60. The molecule has 0 fully saturated rings. The standard InChI is InChI=1S/C13H17ClN4S/c1-3-15-11(12-8-16-17-18(12)2)9-19-13-7-5-4-6-10(13)14/h4-8,11,15H,3,9H2,1-2H3. The molecule has 2 aromatic rings. The van der Waals surface area contributed by atoms with Crippen LogP contribution in [0.5, 0.6) is 0 Å². The summed E-state index contributed by atoms with van der Waals surface area (Å²) >= 11 is 7.91. The molecule has 1 heterocycles. The lowest BCUT2D eigenvalue weighted by Crippen LogP contribution is -2.25. The topological polar surface area (TPSA) is 42.7 Å². The molecule has 1 aromatic carbocycles. The molecule has 2 rings (SSSR count). The van der Waals surface area contributed by atoms with E-state index in [1.807, 2.05) is 31.3 Å².